The quantitative estimate of drug-likeness (QED) is 0.875. The molecule has 2 amide bonds. The second-order valence-corrected chi connectivity index (χ2v) is 5.32. The zero-order valence-electron chi connectivity index (χ0n) is 12.4. The maximum atomic E-state index is 11.9. The van der Waals surface area contributed by atoms with Gasteiger partial charge in [0.25, 0.3) is 5.91 Å². The maximum absolute atomic E-state index is 11.9. The van der Waals surface area contributed by atoms with E-state index in [9.17, 15) is 9.59 Å². The number of nitrogens with zero attached hydrogens (tertiary/aromatic N) is 2. The van der Waals surface area contributed by atoms with Gasteiger partial charge >= 0.3 is 0 Å². The number of carbonyl (C=O) groups is 2. The van der Waals surface area contributed by atoms with Crippen LogP contribution in [0.15, 0.2) is 30.3 Å². The highest BCUT2D eigenvalue weighted by molar-refractivity contribution is 6.30. The highest BCUT2D eigenvalue weighted by Gasteiger charge is 2.12. The van der Waals surface area contributed by atoms with Gasteiger partial charge in [-0.05, 0) is 30.7 Å². The van der Waals surface area contributed by atoms with Gasteiger partial charge in [-0.25, -0.2) is 0 Å². The van der Waals surface area contributed by atoms with Gasteiger partial charge in [-0.1, -0.05) is 23.7 Å². The molecule has 6 nitrogen and oxygen atoms in total. The summed E-state index contributed by atoms with van der Waals surface area (Å²) >= 11 is 5.79. The molecule has 0 bridgehead atoms. The maximum Gasteiger partial charge on any atom is 0.269 e. The molecule has 7 heteroatoms. The van der Waals surface area contributed by atoms with E-state index < -0.39 is 0 Å². The SMILES string of the molecule is Cc1cc(C(=O)NCC(=O)NCc2ccc(Cl)cc2)n(C)n1. The van der Waals surface area contributed by atoms with Crippen LogP contribution in [0.3, 0.4) is 0 Å². The standard InChI is InChI=1S/C15H17ClN4O2/c1-10-7-13(20(2)19-10)15(22)18-9-14(21)17-8-11-3-5-12(16)6-4-11/h3-7H,8-9H2,1-2H3,(H,17,21)(H,18,22). The Morgan fingerprint density at radius 1 is 1.23 bits per heavy atom. The average molecular weight is 321 g/mol. The van der Waals surface area contributed by atoms with Crippen molar-refractivity contribution in [1.29, 1.82) is 0 Å². The number of benzene rings is 1. The Bertz CT molecular complexity index is 679. The normalized spacial score (nSPS) is 10.3. The molecule has 1 heterocycles. The van der Waals surface area contributed by atoms with Gasteiger partial charge in [0.1, 0.15) is 5.69 Å². The van der Waals surface area contributed by atoms with E-state index in [0.29, 0.717) is 17.3 Å². The van der Waals surface area contributed by atoms with E-state index >= 15 is 0 Å². The molecule has 0 unspecified atom stereocenters. The molecule has 0 aliphatic carbocycles. The number of aryl methyl sites for hydroxylation is 2. The number of nitrogens with one attached hydrogen (secondary N) is 2. The molecule has 116 valence electrons. The van der Waals surface area contributed by atoms with E-state index in [2.05, 4.69) is 15.7 Å². The van der Waals surface area contributed by atoms with Crippen LogP contribution in [0.5, 0.6) is 0 Å². The highest BCUT2D eigenvalue weighted by Crippen LogP contribution is 2.09. The number of hydrogen-bond acceptors (Lipinski definition) is 3. The smallest absolute Gasteiger partial charge is 0.269 e. The first kappa shape index (κ1) is 16.0. The predicted molar refractivity (Wildman–Crippen MR) is 83.6 cm³/mol. The van der Waals surface area contributed by atoms with Gasteiger partial charge < -0.3 is 10.6 Å². The molecule has 0 spiro atoms. The van der Waals surface area contributed by atoms with Gasteiger partial charge in [-0.15, -0.1) is 0 Å². The van der Waals surface area contributed by atoms with E-state index in [1.165, 1.54) is 4.68 Å². The summed E-state index contributed by atoms with van der Waals surface area (Å²) in [6.07, 6.45) is 0. The first-order valence-corrected chi connectivity index (χ1v) is 7.13. The van der Waals surface area contributed by atoms with Crippen LogP contribution in [0.4, 0.5) is 0 Å². The minimum atomic E-state index is -0.329. The van der Waals surface area contributed by atoms with Crippen molar-refractivity contribution in [2.75, 3.05) is 6.54 Å². The Kier molecular flexibility index (Phi) is 5.16. The fourth-order valence-electron chi connectivity index (χ4n) is 1.94. The molecule has 0 saturated carbocycles. The number of rotatable bonds is 5. The largest absolute Gasteiger partial charge is 0.350 e. The fourth-order valence-corrected chi connectivity index (χ4v) is 2.07. The summed E-state index contributed by atoms with van der Waals surface area (Å²) in [5, 5.41) is 10.0. The lowest BCUT2D eigenvalue weighted by atomic mass is 10.2. The molecule has 2 rings (SSSR count). The van der Waals surface area contributed by atoms with Crippen LogP contribution < -0.4 is 10.6 Å². The Labute approximate surface area is 133 Å². The predicted octanol–water partition coefficient (Wildman–Crippen LogP) is 1.43. The van der Waals surface area contributed by atoms with Crippen molar-refractivity contribution < 1.29 is 9.59 Å². The Hall–Kier alpha value is -2.34. The first-order chi connectivity index (χ1) is 10.5. The van der Waals surface area contributed by atoms with Crippen LogP contribution in [0.25, 0.3) is 0 Å². The lowest BCUT2D eigenvalue weighted by molar-refractivity contribution is -0.120. The van der Waals surface area contributed by atoms with Crippen molar-refractivity contribution in [3.8, 4) is 0 Å². The average Bonchev–Trinajstić information content (AvgIpc) is 2.83. The Morgan fingerprint density at radius 2 is 1.91 bits per heavy atom. The lowest BCUT2D eigenvalue weighted by Gasteiger charge is -2.07. The topological polar surface area (TPSA) is 76.0 Å². The number of aromatic nitrogens is 2. The molecule has 0 fully saturated rings. The first-order valence-electron chi connectivity index (χ1n) is 6.75. The molecule has 0 saturated heterocycles. The van der Waals surface area contributed by atoms with Gasteiger partial charge in [0.2, 0.25) is 5.91 Å². The molecule has 0 aliphatic rings. The third-order valence-electron chi connectivity index (χ3n) is 3.05. The van der Waals surface area contributed by atoms with Crippen molar-refractivity contribution in [2.24, 2.45) is 7.05 Å². The van der Waals surface area contributed by atoms with Gasteiger partial charge in [0.15, 0.2) is 0 Å². The summed E-state index contributed by atoms with van der Waals surface area (Å²) in [5.74, 6) is -0.591. The van der Waals surface area contributed by atoms with Gasteiger partial charge in [-0.2, -0.15) is 5.10 Å². The van der Waals surface area contributed by atoms with Crippen molar-refractivity contribution in [3.63, 3.8) is 0 Å². The molecule has 1 aromatic heterocycles. The van der Waals surface area contributed by atoms with Crippen molar-refractivity contribution in [2.45, 2.75) is 13.5 Å². The molecule has 0 atom stereocenters. The molecule has 0 radical (unpaired) electrons. The fraction of sp³-hybridized carbons (Fsp3) is 0.267. The summed E-state index contributed by atoms with van der Waals surface area (Å²) in [6, 6.07) is 8.85. The van der Waals surface area contributed by atoms with Crippen LogP contribution in [0.1, 0.15) is 21.7 Å². The summed E-state index contributed by atoms with van der Waals surface area (Å²) < 4.78 is 1.48. The van der Waals surface area contributed by atoms with Gasteiger partial charge in [0.05, 0.1) is 12.2 Å². The van der Waals surface area contributed by atoms with E-state index in [0.717, 1.165) is 11.3 Å². The molecule has 0 aliphatic heterocycles. The molecular formula is C15H17ClN4O2. The Morgan fingerprint density at radius 3 is 2.50 bits per heavy atom. The third-order valence-corrected chi connectivity index (χ3v) is 3.30. The zero-order chi connectivity index (χ0) is 16.1. The van der Waals surface area contributed by atoms with Crippen LogP contribution in [-0.2, 0) is 18.4 Å². The number of hydrogen-bond donors (Lipinski definition) is 2. The summed E-state index contributed by atoms with van der Waals surface area (Å²) in [4.78, 5) is 23.7. The van der Waals surface area contributed by atoms with E-state index in [4.69, 9.17) is 11.6 Å². The molecular weight excluding hydrogens is 304 g/mol. The second-order valence-electron chi connectivity index (χ2n) is 4.88. The summed E-state index contributed by atoms with van der Waals surface area (Å²) in [7, 11) is 1.68. The van der Waals surface area contributed by atoms with Crippen LogP contribution in [0, 0.1) is 6.92 Å². The van der Waals surface area contributed by atoms with Crippen molar-refractivity contribution >= 4 is 23.4 Å². The van der Waals surface area contributed by atoms with E-state index in [1.807, 2.05) is 12.1 Å². The molecule has 1 aromatic carbocycles. The van der Waals surface area contributed by atoms with Crippen molar-refractivity contribution in [1.82, 2.24) is 20.4 Å². The number of carbonyl (C=O) groups excluding carboxylic acids is 2. The number of halogens is 1. The second kappa shape index (κ2) is 7.09. The van der Waals surface area contributed by atoms with E-state index in [-0.39, 0.29) is 18.4 Å². The summed E-state index contributed by atoms with van der Waals surface area (Å²) in [5.41, 5.74) is 2.11. The molecule has 22 heavy (non-hydrogen) atoms. The zero-order valence-corrected chi connectivity index (χ0v) is 13.1. The van der Waals surface area contributed by atoms with Crippen molar-refractivity contribution in [3.05, 3.63) is 52.3 Å². The monoisotopic (exact) mass is 320 g/mol. The molecule has 2 N–H and O–H groups in total. The Balaban J connectivity index is 1.79. The van der Waals surface area contributed by atoms with Crippen LogP contribution in [0.2, 0.25) is 5.02 Å². The van der Waals surface area contributed by atoms with Gasteiger partial charge in [-0.3, -0.25) is 14.3 Å². The van der Waals surface area contributed by atoms with Crippen LogP contribution in [-0.4, -0.2) is 28.1 Å². The molecule has 2 aromatic rings. The highest BCUT2D eigenvalue weighted by atomic mass is 35.5. The third kappa shape index (κ3) is 4.33. The minimum Gasteiger partial charge on any atom is -0.350 e. The summed E-state index contributed by atoms with van der Waals surface area (Å²) in [6.45, 7) is 2.10. The number of amides is 2. The lowest BCUT2D eigenvalue weighted by Crippen LogP contribution is -2.37. The van der Waals surface area contributed by atoms with Gasteiger partial charge in [0, 0.05) is 18.6 Å². The minimum absolute atomic E-state index is 0.0867. The van der Waals surface area contributed by atoms with E-state index in [1.54, 1.807) is 32.2 Å². The van der Waals surface area contributed by atoms with Crippen LogP contribution >= 0.6 is 11.6 Å².